The first-order valence-corrected chi connectivity index (χ1v) is 4.55. The van der Waals surface area contributed by atoms with Gasteiger partial charge in [-0.25, -0.2) is 0 Å². The monoisotopic (exact) mass is 172 g/mol. The number of unbranched alkanes of at least 4 members (excludes halogenated alkanes) is 1. The fourth-order valence-electron chi connectivity index (χ4n) is 1.48. The molecule has 1 aliphatic rings. The summed E-state index contributed by atoms with van der Waals surface area (Å²) in [7, 11) is 0. The third-order valence-corrected chi connectivity index (χ3v) is 2.24. The van der Waals surface area contributed by atoms with Crippen LogP contribution in [-0.4, -0.2) is 23.8 Å². The van der Waals surface area contributed by atoms with Crippen LogP contribution in [0.3, 0.4) is 0 Å². The van der Waals surface area contributed by atoms with E-state index in [1.54, 1.807) is 0 Å². The molecule has 1 N–H and O–H groups in total. The van der Waals surface area contributed by atoms with Gasteiger partial charge in [-0.15, -0.1) is 0 Å². The van der Waals surface area contributed by atoms with E-state index in [1.165, 1.54) is 0 Å². The Balaban J connectivity index is 2.14. The lowest BCUT2D eigenvalue weighted by molar-refractivity contribution is -0.144. The summed E-state index contributed by atoms with van der Waals surface area (Å²) in [5.74, 6) is 0.00752. The molecule has 0 amide bonds. The van der Waals surface area contributed by atoms with Crippen LogP contribution in [0.4, 0.5) is 0 Å². The minimum Gasteiger partial charge on any atom is -0.462 e. The van der Waals surface area contributed by atoms with Crippen molar-refractivity contribution < 1.29 is 14.6 Å². The van der Waals surface area contributed by atoms with Crippen molar-refractivity contribution in [3.05, 3.63) is 0 Å². The Kier molecular flexibility index (Phi) is 3.53. The van der Waals surface area contributed by atoms with Gasteiger partial charge < -0.3 is 9.84 Å². The Morgan fingerprint density at radius 1 is 1.58 bits per heavy atom. The normalized spacial score (nSPS) is 29.0. The summed E-state index contributed by atoms with van der Waals surface area (Å²) in [6, 6.07) is 0. The van der Waals surface area contributed by atoms with Gasteiger partial charge >= 0.3 is 5.97 Å². The predicted molar refractivity (Wildman–Crippen MR) is 44.6 cm³/mol. The first-order chi connectivity index (χ1) is 5.74. The molecule has 0 aliphatic carbocycles. The van der Waals surface area contributed by atoms with Crippen LogP contribution in [0.1, 0.15) is 32.6 Å². The summed E-state index contributed by atoms with van der Waals surface area (Å²) in [5.41, 5.74) is 0. The topological polar surface area (TPSA) is 46.5 Å². The van der Waals surface area contributed by atoms with E-state index in [9.17, 15) is 4.79 Å². The molecule has 3 heteroatoms. The van der Waals surface area contributed by atoms with Crippen LogP contribution >= 0.6 is 0 Å². The molecule has 0 aromatic rings. The summed E-state index contributed by atoms with van der Waals surface area (Å²) in [6.07, 6.45) is 3.61. The molecular weight excluding hydrogens is 156 g/mol. The van der Waals surface area contributed by atoms with Crippen LogP contribution in [0.2, 0.25) is 0 Å². The summed E-state index contributed by atoms with van der Waals surface area (Å²) in [6.45, 7) is 2.13. The largest absolute Gasteiger partial charge is 0.462 e. The smallest absolute Gasteiger partial charge is 0.309 e. The van der Waals surface area contributed by atoms with Crippen LogP contribution < -0.4 is 0 Å². The van der Waals surface area contributed by atoms with Gasteiger partial charge in [-0.3, -0.25) is 4.79 Å². The van der Waals surface area contributed by atoms with E-state index in [2.05, 4.69) is 0 Å². The number of hydrogen-bond donors (Lipinski definition) is 1. The molecule has 1 rings (SSSR count). The van der Waals surface area contributed by atoms with E-state index in [0.29, 0.717) is 0 Å². The van der Waals surface area contributed by atoms with E-state index in [4.69, 9.17) is 9.84 Å². The van der Waals surface area contributed by atoms with Gasteiger partial charge in [0.1, 0.15) is 6.10 Å². The minimum atomic E-state index is -0.0657. The molecule has 1 saturated heterocycles. The molecule has 2 unspecified atom stereocenters. The van der Waals surface area contributed by atoms with Gasteiger partial charge in [-0.2, -0.15) is 0 Å². The van der Waals surface area contributed by atoms with E-state index in [1.807, 2.05) is 6.92 Å². The van der Waals surface area contributed by atoms with Gasteiger partial charge in [0, 0.05) is 6.61 Å². The van der Waals surface area contributed by atoms with Crippen LogP contribution in [0, 0.1) is 5.92 Å². The maximum atomic E-state index is 10.9. The van der Waals surface area contributed by atoms with E-state index in [-0.39, 0.29) is 24.6 Å². The van der Waals surface area contributed by atoms with Crippen molar-refractivity contribution in [3.63, 3.8) is 0 Å². The lowest BCUT2D eigenvalue weighted by Gasteiger charge is -2.06. The van der Waals surface area contributed by atoms with Gasteiger partial charge in [0.2, 0.25) is 0 Å². The number of aliphatic hydroxyl groups excluding tert-OH is 1. The summed E-state index contributed by atoms with van der Waals surface area (Å²) < 4.78 is 5.10. The number of carbonyl (C=O) groups excluding carboxylic acids is 1. The fourth-order valence-corrected chi connectivity index (χ4v) is 1.48. The van der Waals surface area contributed by atoms with Crippen molar-refractivity contribution in [2.75, 3.05) is 6.61 Å². The quantitative estimate of drug-likeness (QED) is 0.510. The number of ether oxygens (including phenoxy) is 1. The third-order valence-electron chi connectivity index (χ3n) is 2.24. The zero-order valence-corrected chi connectivity index (χ0v) is 7.45. The second-order valence-corrected chi connectivity index (χ2v) is 3.42. The zero-order valence-electron chi connectivity index (χ0n) is 7.45. The highest BCUT2D eigenvalue weighted by Crippen LogP contribution is 2.23. The average Bonchev–Trinajstić information content (AvgIpc) is 2.32. The maximum Gasteiger partial charge on any atom is 0.309 e. The van der Waals surface area contributed by atoms with E-state index in [0.717, 1.165) is 25.7 Å². The number of cyclic esters (lactones) is 1. The van der Waals surface area contributed by atoms with Crippen molar-refractivity contribution in [1.29, 1.82) is 0 Å². The first-order valence-electron chi connectivity index (χ1n) is 4.55. The first kappa shape index (κ1) is 9.52. The van der Waals surface area contributed by atoms with Gasteiger partial charge in [-0.1, -0.05) is 6.92 Å². The molecule has 1 fully saturated rings. The van der Waals surface area contributed by atoms with Crippen molar-refractivity contribution in [3.8, 4) is 0 Å². The number of hydrogen-bond acceptors (Lipinski definition) is 3. The molecule has 1 aliphatic heterocycles. The maximum absolute atomic E-state index is 10.9. The van der Waals surface area contributed by atoms with Crippen molar-refractivity contribution in [2.24, 2.45) is 5.92 Å². The zero-order chi connectivity index (χ0) is 8.97. The fraction of sp³-hybridized carbons (Fsp3) is 0.889. The molecule has 3 nitrogen and oxygen atoms in total. The minimum absolute atomic E-state index is 0.0657. The van der Waals surface area contributed by atoms with Crippen LogP contribution in [-0.2, 0) is 9.53 Å². The molecule has 0 radical (unpaired) electrons. The highest BCUT2D eigenvalue weighted by Gasteiger charge is 2.29. The molecule has 70 valence electrons. The SMILES string of the molecule is CC1CC(CCCCO)OC1=O. The average molecular weight is 172 g/mol. The molecular formula is C9H16O3. The Morgan fingerprint density at radius 2 is 2.33 bits per heavy atom. The molecule has 0 aromatic carbocycles. The second kappa shape index (κ2) is 4.45. The van der Waals surface area contributed by atoms with Gasteiger partial charge in [-0.05, 0) is 25.7 Å². The summed E-state index contributed by atoms with van der Waals surface area (Å²) in [5, 5.41) is 8.54. The highest BCUT2D eigenvalue weighted by molar-refractivity contribution is 5.74. The number of carbonyl (C=O) groups is 1. The summed E-state index contributed by atoms with van der Waals surface area (Å²) in [4.78, 5) is 10.9. The Bertz CT molecular complexity index is 156. The Morgan fingerprint density at radius 3 is 2.83 bits per heavy atom. The number of rotatable bonds is 4. The Labute approximate surface area is 72.7 Å². The lowest BCUT2D eigenvalue weighted by atomic mass is 10.0. The van der Waals surface area contributed by atoms with E-state index < -0.39 is 0 Å². The summed E-state index contributed by atoms with van der Waals surface area (Å²) >= 11 is 0. The van der Waals surface area contributed by atoms with Crippen molar-refractivity contribution >= 4 is 5.97 Å². The standard InChI is InChI=1S/C9H16O3/c1-7-6-8(12-9(7)11)4-2-3-5-10/h7-8,10H,2-6H2,1H3. The Hall–Kier alpha value is -0.570. The van der Waals surface area contributed by atoms with Crippen LogP contribution in [0.25, 0.3) is 0 Å². The molecule has 0 aromatic heterocycles. The molecule has 1 heterocycles. The van der Waals surface area contributed by atoms with Crippen molar-refractivity contribution in [1.82, 2.24) is 0 Å². The van der Waals surface area contributed by atoms with Gasteiger partial charge in [0.05, 0.1) is 5.92 Å². The number of esters is 1. The second-order valence-electron chi connectivity index (χ2n) is 3.42. The number of aliphatic hydroxyl groups is 1. The molecule has 2 atom stereocenters. The van der Waals surface area contributed by atoms with Gasteiger partial charge in [0.25, 0.3) is 0 Å². The third kappa shape index (κ3) is 2.48. The van der Waals surface area contributed by atoms with Crippen molar-refractivity contribution in [2.45, 2.75) is 38.7 Å². The lowest BCUT2D eigenvalue weighted by Crippen LogP contribution is -2.06. The van der Waals surface area contributed by atoms with E-state index >= 15 is 0 Å². The molecule has 0 bridgehead atoms. The van der Waals surface area contributed by atoms with Gasteiger partial charge in [0.15, 0.2) is 0 Å². The predicted octanol–water partition coefficient (Wildman–Crippen LogP) is 1.10. The highest BCUT2D eigenvalue weighted by atomic mass is 16.5. The molecule has 0 saturated carbocycles. The van der Waals surface area contributed by atoms with Crippen LogP contribution in [0.15, 0.2) is 0 Å². The molecule has 12 heavy (non-hydrogen) atoms. The molecule has 0 spiro atoms. The van der Waals surface area contributed by atoms with Crippen LogP contribution in [0.5, 0.6) is 0 Å².